The molecule has 1 amide bonds. The molecular formula is C21H27ClN4O2. The molecule has 150 valence electrons. The fourth-order valence-electron chi connectivity index (χ4n) is 2.57. The van der Waals surface area contributed by atoms with E-state index in [1.165, 1.54) is 0 Å². The van der Waals surface area contributed by atoms with Gasteiger partial charge in [0.05, 0.1) is 17.3 Å². The number of para-hydroxylation sites is 1. The zero-order chi connectivity index (χ0) is 20.4. The highest BCUT2D eigenvalue weighted by Gasteiger charge is 2.07. The summed E-state index contributed by atoms with van der Waals surface area (Å²) in [5, 5.41) is 9.72. The van der Waals surface area contributed by atoms with Crippen LogP contribution in [0.4, 0.5) is 5.69 Å². The van der Waals surface area contributed by atoms with Gasteiger partial charge in [-0.25, -0.2) is 0 Å². The Hall–Kier alpha value is -2.73. The number of ether oxygens (including phenoxy) is 1. The van der Waals surface area contributed by atoms with E-state index in [2.05, 4.69) is 20.9 Å². The van der Waals surface area contributed by atoms with Gasteiger partial charge in [-0.05, 0) is 37.6 Å². The topological polar surface area (TPSA) is 74.8 Å². The predicted molar refractivity (Wildman–Crippen MR) is 115 cm³/mol. The van der Waals surface area contributed by atoms with Crippen molar-refractivity contribution >= 4 is 29.2 Å². The van der Waals surface area contributed by atoms with Crippen LogP contribution < -0.4 is 20.7 Å². The molecule has 6 nitrogen and oxygen atoms in total. The van der Waals surface area contributed by atoms with Gasteiger partial charge in [0.25, 0.3) is 0 Å². The molecule has 0 fully saturated rings. The zero-order valence-corrected chi connectivity index (χ0v) is 17.3. The zero-order valence-electron chi connectivity index (χ0n) is 16.5. The van der Waals surface area contributed by atoms with Crippen molar-refractivity contribution in [3.63, 3.8) is 0 Å². The number of benzene rings is 2. The van der Waals surface area contributed by atoms with E-state index >= 15 is 0 Å². The van der Waals surface area contributed by atoms with Crippen LogP contribution in [-0.2, 0) is 11.3 Å². The number of rotatable bonds is 8. The number of carbonyl (C=O) groups excluding carboxylic acids is 1. The normalized spacial score (nSPS) is 11.1. The van der Waals surface area contributed by atoms with E-state index < -0.39 is 0 Å². The van der Waals surface area contributed by atoms with Crippen molar-refractivity contribution in [2.24, 2.45) is 4.99 Å². The van der Waals surface area contributed by atoms with Gasteiger partial charge in [-0.15, -0.1) is 0 Å². The van der Waals surface area contributed by atoms with Crippen LogP contribution in [0, 0.1) is 6.92 Å². The quantitative estimate of drug-likeness (QED) is 0.464. The maximum Gasteiger partial charge on any atom is 0.226 e. The third-order valence-electron chi connectivity index (χ3n) is 3.99. The van der Waals surface area contributed by atoms with Gasteiger partial charge in [-0.1, -0.05) is 35.9 Å². The van der Waals surface area contributed by atoms with Crippen molar-refractivity contribution in [1.82, 2.24) is 10.6 Å². The third-order valence-corrected chi connectivity index (χ3v) is 4.30. The highest BCUT2D eigenvalue weighted by molar-refractivity contribution is 6.33. The molecule has 0 unspecified atom stereocenters. The first kappa shape index (κ1) is 21.6. The molecule has 0 aliphatic carbocycles. The Balaban J connectivity index is 1.78. The molecule has 0 saturated carbocycles. The summed E-state index contributed by atoms with van der Waals surface area (Å²) in [7, 11) is 1.69. The Bertz CT molecular complexity index is 824. The van der Waals surface area contributed by atoms with Crippen molar-refractivity contribution < 1.29 is 9.53 Å². The predicted octanol–water partition coefficient (Wildman–Crippen LogP) is 3.74. The number of aryl methyl sites for hydroxylation is 1. The lowest BCUT2D eigenvalue weighted by Crippen LogP contribution is -2.38. The maximum atomic E-state index is 12.1. The molecule has 0 bridgehead atoms. The van der Waals surface area contributed by atoms with Crippen molar-refractivity contribution in [1.29, 1.82) is 0 Å². The van der Waals surface area contributed by atoms with E-state index in [1.54, 1.807) is 13.1 Å². The molecule has 0 atom stereocenters. The second-order valence-corrected chi connectivity index (χ2v) is 6.58. The van der Waals surface area contributed by atoms with Gasteiger partial charge in [0.15, 0.2) is 5.96 Å². The SMILES string of the molecule is CCOc1ccccc1CNC(=NC)NCCC(=O)Nc1ccc(C)cc1Cl. The molecule has 0 heterocycles. The third kappa shape index (κ3) is 6.78. The summed E-state index contributed by atoms with van der Waals surface area (Å²) in [6.07, 6.45) is 0.292. The molecule has 0 aromatic heterocycles. The van der Waals surface area contributed by atoms with Gasteiger partial charge < -0.3 is 20.7 Å². The van der Waals surface area contributed by atoms with Crippen LogP contribution in [0.5, 0.6) is 5.75 Å². The van der Waals surface area contributed by atoms with Crippen LogP contribution in [0.25, 0.3) is 0 Å². The van der Waals surface area contributed by atoms with Crippen LogP contribution in [0.15, 0.2) is 47.5 Å². The number of hydrogen-bond acceptors (Lipinski definition) is 3. The number of nitrogens with one attached hydrogen (secondary N) is 3. The Morgan fingerprint density at radius 3 is 2.68 bits per heavy atom. The molecule has 2 aromatic carbocycles. The van der Waals surface area contributed by atoms with E-state index in [0.29, 0.717) is 42.8 Å². The summed E-state index contributed by atoms with van der Waals surface area (Å²) >= 11 is 6.15. The number of amides is 1. The molecule has 0 saturated heterocycles. The van der Waals surface area contributed by atoms with E-state index in [1.807, 2.05) is 50.2 Å². The molecular weight excluding hydrogens is 376 g/mol. The van der Waals surface area contributed by atoms with Gasteiger partial charge in [-0.3, -0.25) is 9.79 Å². The molecule has 0 aliphatic heterocycles. The summed E-state index contributed by atoms with van der Waals surface area (Å²) < 4.78 is 5.63. The molecule has 0 spiro atoms. The second-order valence-electron chi connectivity index (χ2n) is 6.17. The van der Waals surface area contributed by atoms with Gasteiger partial charge in [0.2, 0.25) is 5.91 Å². The summed E-state index contributed by atoms with van der Waals surface area (Å²) in [5.41, 5.74) is 2.71. The van der Waals surface area contributed by atoms with E-state index in [9.17, 15) is 4.79 Å². The van der Waals surface area contributed by atoms with Crippen LogP contribution in [-0.4, -0.2) is 32.1 Å². The van der Waals surface area contributed by atoms with Gasteiger partial charge in [0.1, 0.15) is 5.75 Å². The van der Waals surface area contributed by atoms with Crippen LogP contribution in [0.2, 0.25) is 5.02 Å². The summed E-state index contributed by atoms with van der Waals surface area (Å²) in [6.45, 7) is 5.54. The number of halogens is 1. The average Bonchev–Trinajstić information content (AvgIpc) is 2.68. The van der Waals surface area contributed by atoms with Crippen LogP contribution in [0.3, 0.4) is 0 Å². The fraction of sp³-hybridized carbons (Fsp3) is 0.333. The molecule has 0 radical (unpaired) electrons. The minimum absolute atomic E-state index is 0.115. The Morgan fingerprint density at radius 1 is 1.18 bits per heavy atom. The Morgan fingerprint density at radius 2 is 1.96 bits per heavy atom. The van der Waals surface area contributed by atoms with Gasteiger partial charge in [-0.2, -0.15) is 0 Å². The molecule has 3 N–H and O–H groups in total. The minimum Gasteiger partial charge on any atom is -0.494 e. The number of anilines is 1. The summed E-state index contributed by atoms with van der Waals surface area (Å²) in [6, 6.07) is 13.4. The second kappa shape index (κ2) is 11.2. The summed E-state index contributed by atoms with van der Waals surface area (Å²) in [4.78, 5) is 16.3. The Kier molecular flexibility index (Phi) is 8.62. The largest absolute Gasteiger partial charge is 0.494 e. The number of hydrogen-bond donors (Lipinski definition) is 3. The number of aliphatic imine (C=N–C) groups is 1. The first-order valence-electron chi connectivity index (χ1n) is 9.24. The monoisotopic (exact) mass is 402 g/mol. The van der Waals surface area contributed by atoms with Crippen LogP contribution in [0.1, 0.15) is 24.5 Å². The smallest absolute Gasteiger partial charge is 0.226 e. The molecule has 28 heavy (non-hydrogen) atoms. The lowest BCUT2D eigenvalue weighted by molar-refractivity contribution is -0.116. The van der Waals surface area contributed by atoms with Crippen molar-refractivity contribution in [3.8, 4) is 5.75 Å². The Labute approximate surface area is 171 Å². The first-order valence-corrected chi connectivity index (χ1v) is 9.62. The maximum absolute atomic E-state index is 12.1. The van der Waals surface area contributed by atoms with Crippen molar-refractivity contribution in [2.45, 2.75) is 26.8 Å². The first-order chi connectivity index (χ1) is 13.5. The van der Waals surface area contributed by atoms with E-state index in [-0.39, 0.29) is 5.91 Å². The highest BCUT2D eigenvalue weighted by Crippen LogP contribution is 2.22. The van der Waals surface area contributed by atoms with Crippen molar-refractivity contribution in [3.05, 3.63) is 58.6 Å². The van der Waals surface area contributed by atoms with Crippen molar-refractivity contribution in [2.75, 3.05) is 25.5 Å². The summed E-state index contributed by atoms with van der Waals surface area (Å²) in [5.74, 6) is 1.35. The fourth-order valence-corrected chi connectivity index (χ4v) is 2.86. The molecule has 7 heteroatoms. The molecule has 2 aromatic rings. The average molecular weight is 403 g/mol. The number of guanidine groups is 1. The van der Waals surface area contributed by atoms with E-state index in [4.69, 9.17) is 16.3 Å². The number of nitrogens with zero attached hydrogens (tertiary/aromatic N) is 1. The lowest BCUT2D eigenvalue weighted by atomic mass is 10.2. The lowest BCUT2D eigenvalue weighted by Gasteiger charge is -2.14. The van der Waals surface area contributed by atoms with Crippen LogP contribution >= 0.6 is 11.6 Å². The van der Waals surface area contributed by atoms with E-state index in [0.717, 1.165) is 16.9 Å². The van der Waals surface area contributed by atoms with Gasteiger partial charge in [0, 0.05) is 32.1 Å². The molecule has 0 aliphatic rings. The molecule has 2 rings (SSSR count). The van der Waals surface area contributed by atoms with Gasteiger partial charge >= 0.3 is 0 Å². The highest BCUT2D eigenvalue weighted by atomic mass is 35.5. The number of carbonyl (C=O) groups is 1. The standard InChI is InChI=1S/C21H27ClN4O2/c1-4-28-19-8-6-5-7-16(19)14-25-21(23-3)24-12-11-20(27)26-18-10-9-15(2)13-17(18)22/h5-10,13H,4,11-12,14H2,1-3H3,(H,26,27)(H2,23,24,25). The minimum atomic E-state index is -0.115.